The summed E-state index contributed by atoms with van der Waals surface area (Å²) in [6.07, 6.45) is 0.221. The molecule has 0 spiro atoms. The predicted molar refractivity (Wildman–Crippen MR) is 102 cm³/mol. The van der Waals surface area contributed by atoms with Crippen molar-refractivity contribution >= 4 is 12.0 Å². The average Bonchev–Trinajstić information content (AvgIpc) is 2.65. The summed E-state index contributed by atoms with van der Waals surface area (Å²) in [6.45, 7) is 10.3. The topological polar surface area (TPSA) is 53.1 Å². The van der Waals surface area contributed by atoms with Crippen molar-refractivity contribution in [3.05, 3.63) is 35.9 Å². The largest absolute Gasteiger partial charge is 0.450 e. The van der Waals surface area contributed by atoms with Gasteiger partial charge in [-0.2, -0.15) is 0 Å². The van der Waals surface area contributed by atoms with Crippen molar-refractivity contribution < 1.29 is 14.3 Å². The number of hydrogen-bond acceptors (Lipinski definition) is 4. The van der Waals surface area contributed by atoms with Crippen molar-refractivity contribution in [2.75, 3.05) is 39.3 Å². The first-order chi connectivity index (χ1) is 12.5. The van der Waals surface area contributed by atoms with Crippen molar-refractivity contribution in [2.24, 2.45) is 0 Å². The second kappa shape index (κ2) is 10.2. The fraction of sp³-hybridized carbons (Fsp3) is 0.600. The predicted octanol–water partition coefficient (Wildman–Crippen LogP) is 2.59. The van der Waals surface area contributed by atoms with Crippen LogP contribution in [0.25, 0.3) is 0 Å². The molecular weight excluding hydrogens is 330 g/mol. The van der Waals surface area contributed by atoms with Crippen molar-refractivity contribution in [3.8, 4) is 0 Å². The van der Waals surface area contributed by atoms with Gasteiger partial charge in [0.2, 0.25) is 5.91 Å². The lowest BCUT2D eigenvalue weighted by Gasteiger charge is -2.34. The smallest absolute Gasteiger partial charge is 0.409 e. The van der Waals surface area contributed by atoms with E-state index in [1.807, 2.05) is 23.1 Å². The number of amides is 2. The van der Waals surface area contributed by atoms with Gasteiger partial charge in [-0.3, -0.25) is 9.69 Å². The summed E-state index contributed by atoms with van der Waals surface area (Å²) < 4.78 is 5.02. The molecule has 2 amide bonds. The van der Waals surface area contributed by atoms with Crippen LogP contribution >= 0.6 is 0 Å². The number of hydrogen-bond donors (Lipinski definition) is 0. The van der Waals surface area contributed by atoms with Crippen LogP contribution in [0.5, 0.6) is 0 Å². The molecule has 1 fully saturated rings. The van der Waals surface area contributed by atoms with E-state index < -0.39 is 0 Å². The summed E-state index contributed by atoms with van der Waals surface area (Å²) >= 11 is 0. The maximum absolute atomic E-state index is 12.5. The second-order valence-corrected chi connectivity index (χ2v) is 6.87. The van der Waals surface area contributed by atoms with Gasteiger partial charge in [0, 0.05) is 51.7 Å². The molecule has 6 nitrogen and oxygen atoms in total. The Labute approximate surface area is 156 Å². The molecule has 0 aromatic heterocycles. The molecular formula is C20H31N3O3. The fourth-order valence-electron chi connectivity index (χ4n) is 3.09. The Morgan fingerprint density at radius 3 is 2.27 bits per heavy atom. The molecule has 0 N–H and O–H groups in total. The van der Waals surface area contributed by atoms with E-state index in [1.54, 1.807) is 11.8 Å². The normalized spacial score (nSPS) is 14.8. The minimum absolute atomic E-state index is 0.159. The molecule has 1 saturated heterocycles. The van der Waals surface area contributed by atoms with Crippen LogP contribution in [0.15, 0.2) is 30.3 Å². The third-order valence-corrected chi connectivity index (χ3v) is 4.73. The molecule has 0 aliphatic carbocycles. The van der Waals surface area contributed by atoms with Gasteiger partial charge in [-0.25, -0.2) is 4.79 Å². The van der Waals surface area contributed by atoms with Crippen LogP contribution in [0.1, 0.15) is 32.8 Å². The number of piperazine rings is 1. The number of nitrogens with zero attached hydrogens (tertiary/aromatic N) is 3. The number of carbonyl (C=O) groups excluding carboxylic acids is 2. The summed E-state index contributed by atoms with van der Waals surface area (Å²) in [6, 6.07) is 10.7. The molecule has 1 heterocycles. The average molecular weight is 361 g/mol. The van der Waals surface area contributed by atoms with Crippen LogP contribution in [-0.2, 0) is 16.1 Å². The summed E-state index contributed by atoms with van der Waals surface area (Å²) in [5.74, 6) is 0.159. The highest BCUT2D eigenvalue weighted by molar-refractivity contribution is 5.77. The van der Waals surface area contributed by atoms with Crippen LogP contribution in [-0.4, -0.2) is 72.1 Å². The van der Waals surface area contributed by atoms with Crippen LogP contribution < -0.4 is 0 Å². The molecule has 0 atom stereocenters. The minimum atomic E-state index is -0.284. The first kappa shape index (κ1) is 20.2. The highest BCUT2D eigenvalue weighted by Gasteiger charge is 2.25. The monoisotopic (exact) mass is 361 g/mol. The Morgan fingerprint density at radius 2 is 1.69 bits per heavy atom. The molecule has 0 radical (unpaired) electrons. The molecule has 144 valence electrons. The lowest BCUT2D eigenvalue weighted by Crippen LogP contribution is -2.51. The Morgan fingerprint density at radius 1 is 1.08 bits per heavy atom. The second-order valence-electron chi connectivity index (χ2n) is 6.87. The Hall–Kier alpha value is -2.08. The molecule has 1 aliphatic rings. The van der Waals surface area contributed by atoms with Gasteiger partial charge in [-0.1, -0.05) is 30.3 Å². The third kappa shape index (κ3) is 6.02. The maximum atomic E-state index is 12.5. The summed E-state index contributed by atoms with van der Waals surface area (Å²) in [5, 5.41) is 0. The number of carbonyl (C=O) groups is 2. The van der Waals surface area contributed by atoms with Crippen LogP contribution in [0, 0.1) is 0 Å². The zero-order valence-electron chi connectivity index (χ0n) is 16.2. The van der Waals surface area contributed by atoms with Crippen LogP contribution in [0.2, 0.25) is 0 Å². The maximum Gasteiger partial charge on any atom is 0.409 e. The van der Waals surface area contributed by atoms with Gasteiger partial charge in [0.25, 0.3) is 0 Å². The number of rotatable bonds is 7. The fourth-order valence-corrected chi connectivity index (χ4v) is 3.09. The molecule has 6 heteroatoms. The van der Waals surface area contributed by atoms with Gasteiger partial charge in [-0.15, -0.1) is 0 Å². The number of ether oxygens (including phenoxy) is 1. The van der Waals surface area contributed by atoms with Gasteiger partial charge < -0.3 is 14.5 Å². The van der Waals surface area contributed by atoms with Crippen molar-refractivity contribution in [1.29, 1.82) is 0 Å². The first-order valence-corrected chi connectivity index (χ1v) is 9.48. The summed E-state index contributed by atoms with van der Waals surface area (Å²) in [4.78, 5) is 30.1. The first-order valence-electron chi connectivity index (χ1n) is 9.48. The van der Waals surface area contributed by atoms with E-state index in [2.05, 4.69) is 30.9 Å². The molecule has 26 heavy (non-hydrogen) atoms. The SMILES string of the molecule is CCOC(=O)N1CCN(C(=O)CCN(Cc2ccccc2)C(C)C)CC1. The van der Waals surface area contributed by atoms with Gasteiger partial charge >= 0.3 is 6.09 Å². The molecule has 1 aromatic rings. The van der Waals surface area contributed by atoms with E-state index in [0.717, 1.165) is 13.1 Å². The Balaban J connectivity index is 1.79. The lowest BCUT2D eigenvalue weighted by atomic mass is 10.1. The summed E-state index contributed by atoms with van der Waals surface area (Å²) in [7, 11) is 0. The van der Waals surface area contributed by atoms with E-state index in [1.165, 1.54) is 5.56 Å². The van der Waals surface area contributed by atoms with Gasteiger partial charge in [0.1, 0.15) is 0 Å². The van der Waals surface area contributed by atoms with E-state index in [-0.39, 0.29) is 12.0 Å². The molecule has 0 saturated carbocycles. The molecule has 1 aromatic carbocycles. The van der Waals surface area contributed by atoms with E-state index >= 15 is 0 Å². The standard InChI is InChI=1S/C20H31N3O3/c1-4-26-20(25)22-14-12-21(13-15-22)19(24)10-11-23(17(2)3)16-18-8-6-5-7-9-18/h5-9,17H,4,10-16H2,1-3H3. The zero-order chi connectivity index (χ0) is 18.9. The number of benzene rings is 1. The molecule has 0 bridgehead atoms. The highest BCUT2D eigenvalue weighted by atomic mass is 16.6. The zero-order valence-corrected chi connectivity index (χ0v) is 16.2. The van der Waals surface area contributed by atoms with Crippen LogP contribution in [0.3, 0.4) is 0 Å². The van der Waals surface area contributed by atoms with E-state index in [0.29, 0.717) is 45.2 Å². The van der Waals surface area contributed by atoms with E-state index in [9.17, 15) is 9.59 Å². The lowest BCUT2D eigenvalue weighted by molar-refractivity contribution is -0.133. The van der Waals surface area contributed by atoms with Gasteiger partial charge in [0.05, 0.1) is 6.61 Å². The molecule has 1 aliphatic heterocycles. The Kier molecular flexibility index (Phi) is 7.91. The summed E-state index contributed by atoms with van der Waals surface area (Å²) in [5.41, 5.74) is 1.26. The molecule has 0 unspecified atom stereocenters. The van der Waals surface area contributed by atoms with E-state index in [4.69, 9.17) is 4.74 Å². The van der Waals surface area contributed by atoms with Gasteiger partial charge in [0.15, 0.2) is 0 Å². The van der Waals surface area contributed by atoms with Crippen molar-refractivity contribution in [1.82, 2.24) is 14.7 Å². The minimum Gasteiger partial charge on any atom is -0.450 e. The highest BCUT2D eigenvalue weighted by Crippen LogP contribution is 2.11. The molecule has 2 rings (SSSR count). The Bertz CT molecular complexity index is 569. The van der Waals surface area contributed by atoms with Crippen molar-refractivity contribution in [3.63, 3.8) is 0 Å². The van der Waals surface area contributed by atoms with Gasteiger partial charge in [-0.05, 0) is 26.3 Å². The quantitative estimate of drug-likeness (QED) is 0.749. The third-order valence-electron chi connectivity index (χ3n) is 4.73. The van der Waals surface area contributed by atoms with Crippen molar-refractivity contribution in [2.45, 2.75) is 39.8 Å². The van der Waals surface area contributed by atoms with Crippen LogP contribution in [0.4, 0.5) is 4.79 Å².